The van der Waals surface area contributed by atoms with Crippen LogP contribution in [-0.4, -0.2) is 95.6 Å². The number of imide groups is 1. The van der Waals surface area contributed by atoms with Crippen LogP contribution in [0.25, 0.3) is 0 Å². The summed E-state index contributed by atoms with van der Waals surface area (Å²) in [6.45, 7) is 5.21. The molecule has 3 aliphatic rings. The molecule has 0 aromatic carbocycles. The Balaban J connectivity index is 1.21. The Morgan fingerprint density at radius 2 is 1.82 bits per heavy atom. The van der Waals surface area contributed by atoms with Gasteiger partial charge in [0.1, 0.15) is 0 Å². The number of carbonyl (C=O) groups excluding carboxylic acids is 3. The number of pyridine rings is 1. The van der Waals surface area contributed by atoms with Crippen molar-refractivity contribution in [3.05, 3.63) is 24.0 Å². The second-order valence-electron chi connectivity index (χ2n) is 9.13. The summed E-state index contributed by atoms with van der Waals surface area (Å²) >= 11 is 0. The molecule has 3 fully saturated rings. The van der Waals surface area contributed by atoms with Gasteiger partial charge in [0.2, 0.25) is 17.7 Å². The maximum absolute atomic E-state index is 12.6. The van der Waals surface area contributed by atoms with Gasteiger partial charge in [-0.25, -0.2) is 4.79 Å². The van der Waals surface area contributed by atoms with Gasteiger partial charge in [-0.15, -0.1) is 0 Å². The molecule has 0 aliphatic carbocycles. The van der Waals surface area contributed by atoms with Gasteiger partial charge in [0.25, 0.3) is 0 Å². The Labute approximate surface area is 198 Å². The van der Waals surface area contributed by atoms with E-state index in [-0.39, 0.29) is 23.8 Å². The Bertz CT molecular complexity index is 924. The molecule has 0 saturated carbocycles. The fourth-order valence-electron chi connectivity index (χ4n) is 4.89. The topological polar surface area (TPSA) is 135 Å². The van der Waals surface area contributed by atoms with E-state index in [1.807, 2.05) is 17.0 Å². The van der Waals surface area contributed by atoms with Gasteiger partial charge in [0.15, 0.2) is 0 Å². The fraction of sp³-hybridized carbons (Fsp3) is 0.609. The first-order valence-electron chi connectivity index (χ1n) is 11.9. The van der Waals surface area contributed by atoms with Gasteiger partial charge in [0.05, 0.1) is 11.6 Å². The van der Waals surface area contributed by atoms with Crippen LogP contribution >= 0.6 is 0 Å². The first-order chi connectivity index (χ1) is 16.4. The third kappa shape index (κ3) is 6.02. The molecular formula is C23H32N6O5. The molecule has 1 aromatic rings. The highest BCUT2D eigenvalue weighted by Gasteiger charge is 2.30. The van der Waals surface area contributed by atoms with Crippen LogP contribution in [0.15, 0.2) is 18.3 Å². The summed E-state index contributed by atoms with van der Waals surface area (Å²) in [5.74, 6) is -0.779. The van der Waals surface area contributed by atoms with E-state index in [1.54, 1.807) is 6.20 Å². The molecule has 4 amide bonds. The standard InChI is InChI=1S/C23H32N6O5/c30-20-2-1-18(22(32)26-20)19-15-17(3-7-24-19)28-13-11-27(12-14-28)8-6-21(31)29-9-4-16(5-10-29)25-23(33)34/h3,7,15-16,18,25H,1-2,4-6,8-14H2,(H,33,34)(H,26,30,32). The number of amides is 4. The first kappa shape index (κ1) is 23.9. The van der Waals surface area contributed by atoms with Crippen LogP contribution in [0.5, 0.6) is 0 Å². The zero-order chi connectivity index (χ0) is 24.1. The second kappa shape index (κ2) is 10.8. The predicted molar refractivity (Wildman–Crippen MR) is 123 cm³/mol. The Kier molecular flexibility index (Phi) is 7.61. The van der Waals surface area contributed by atoms with Crippen molar-refractivity contribution in [3.8, 4) is 0 Å². The number of anilines is 1. The van der Waals surface area contributed by atoms with Crippen LogP contribution in [0.1, 0.15) is 43.7 Å². The number of carboxylic acid groups (broad SMARTS) is 1. The lowest BCUT2D eigenvalue weighted by atomic mass is 9.94. The van der Waals surface area contributed by atoms with Crippen LogP contribution < -0.4 is 15.5 Å². The molecule has 11 heteroatoms. The number of piperazine rings is 1. The average Bonchev–Trinajstić information content (AvgIpc) is 2.83. The second-order valence-corrected chi connectivity index (χ2v) is 9.13. The third-order valence-corrected chi connectivity index (χ3v) is 6.92. The van der Waals surface area contributed by atoms with Gasteiger partial charge in [-0.2, -0.15) is 0 Å². The van der Waals surface area contributed by atoms with E-state index in [4.69, 9.17) is 5.11 Å². The van der Waals surface area contributed by atoms with E-state index in [2.05, 4.69) is 25.4 Å². The van der Waals surface area contributed by atoms with E-state index >= 15 is 0 Å². The molecule has 4 heterocycles. The molecule has 0 spiro atoms. The van der Waals surface area contributed by atoms with Gasteiger partial charge in [-0.3, -0.25) is 29.6 Å². The predicted octanol–water partition coefficient (Wildman–Crippen LogP) is 0.373. The van der Waals surface area contributed by atoms with Gasteiger partial charge >= 0.3 is 6.09 Å². The number of rotatable bonds is 6. The van der Waals surface area contributed by atoms with Crippen molar-refractivity contribution < 1.29 is 24.3 Å². The number of carbonyl (C=O) groups is 4. The van der Waals surface area contributed by atoms with Crippen molar-refractivity contribution in [2.75, 3.05) is 50.7 Å². The van der Waals surface area contributed by atoms with Crippen LogP contribution in [0.3, 0.4) is 0 Å². The minimum absolute atomic E-state index is 0.0710. The molecule has 0 radical (unpaired) electrons. The van der Waals surface area contributed by atoms with E-state index in [0.717, 1.165) is 31.9 Å². The number of hydrogen-bond donors (Lipinski definition) is 3. The molecular weight excluding hydrogens is 440 g/mol. The highest BCUT2D eigenvalue weighted by atomic mass is 16.4. The van der Waals surface area contributed by atoms with E-state index in [9.17, 15) is 19.2 Å². The molecule has 0 bridgehead atoms. The lowest BCUT2D eigenvalue weighted by Crippen LogP contribution is -2.49. The molecule has 34 heavy (non-hydrogen) atoms. The van der Waals surface area contributed by atoms with Crippen LogP contribution in [-0.2, 0) is 14.4 Å². The molecule has 1 unspecified atom stereocenters. The minimum atomic E-state index is -1.01. The van der Waals surface area contributed by atoms with Gasteiger partial charge in [0, 0.05) is 76.6 Å². The number of hydrogen-bond acceptors (Lipinski definition) is 7. The zero-order valence-corrected chi connectivity index (χ0v) is 19.2. The summed E-state index contributed by atoms with van der Waals surface area (Å²) in [6.07, 6.45) is 3.30. The largest absolute Gasteiger partial charge is 0.465 e. The number of piperidine rings is 2. The van der Waals surface area contributed by atoms with Gasteiger partial charge < -0.3 is 20.2 Å². The molecule has 3 aliphatic heterocycles. The molecule has 4 rings (SSSR count). The maximum Gasteiger partial charge on any atom is 0.404 e. The zero-order valence-electron chi connectivity index (χ0n) is 19.2. The quantitative estimate of drug-likeness (QED) is 0.506. The number of nitrogens with one attached hydrogen (secondary N) is 2. The summed E-state index contributed by atoms with van der Waals surface area (Å²) < 4.78 is 0. The van der Waals surface area contributed by atoms with E-state index < -0.39 is 12.0 Å². The molecule has 184 valence electrons. The summed E-state index contributed by atoms with van der Waals surface area (Å²) in [6, 6.07) is 3.82. The molecule has 3 saturated heterocycles. The molecule has 3 N–H and O–H groups in total. The van der Waals surface area contributed by atoms with Crippen molar-refractivity contribution in [1.82, 2.24) is 25.4 Å². The third-order valence-electron chi connectivity index (χ3n) is 6.92. The Morgan fingerprint density at radius 3 is 2.50 bits per heavy atom. The lowest BCUT2D eigenvalue weighted by molar-refractivity contribution is -0.134. The molecule has 1 aromatic heterocycles. The maximum atomic E-state index is 12.6. The first-order valence-corrected chi connectivity index (χ1v) is 11.9. The van der Waals surface area contributed by atoms with Crippen LogP contribution in [0, 0.1) is 0 Å². The van der Waals surface area contributed by atoms with Crippen LogP contribution in [0.2, 0.25) is 0 Å². The van der Waals surface area contributed by atoms with Gasteiger partial charge in [-0.05, 0) is 31.4 Å². The van der Waals surface area contributed by atoms with Crippen molar-refractivity contribution in [3.63, 3.8) is 0 Å². The summed E-state index contributed by atoms with van der Waals surface area (Å²) in [5.41, 5.74) is 1.71. The number of nitrogens with zero attached hydrogens (tertiary/aromatic N) is 4. The summed E-state index contributed by atoms with van der Waals surface area (Å²) in [4.78, 5) is 57.7. The monoisotopic (exact) mass is 472 g/mol. The lowest BCUT2D eigenvalue weighted by Gasteiger charge is -2.37. The summed E-state index contributed by atoms with van der Waals surface area (Å²) in [5, 5.41) is 13.7. The number of likely N-dealkylation sites (tertiary alicyclic amines) is 1. The normalized spacial score (nSPS) is 22.4. The Hall–Kier alpha value is -3.21. The average molecular weight is 473 g/mol. The summed E-state index contributed by atoms with van der Waals surface area (Å²) in [7, 11) is 0. The Morgan fingerprint density at radius 1 is 1.09 bits per heavy atom. The molecule has 1 atom stereocenters. The van der Waals surface area contributed by atoms with Crippen molar-refractivity contribution in [2.45, 2.75) is 44.1 Å². The highest BCUT2D eigenvalue weighted by Crippen LogP contribution is 2.26. The fourth-order valence-corrected chi connectivity index (χ4v) is 4.89. The van der Waals surface area contributed by atoms with Crippen molar-refractivity contribution in [2.24, 2.45) is 0 Å². The smallest absolute Gasteiger partial charge is 0.404 e. The van der Waals surface area contributed by atoms with E-state index in [1.165, 1.54) is 0 Å². The van der Waals surface area contributed by atoms with Crippen LogP contribution in [0.4, 0.5) is 10.5 Å². The highest BCUT2D eigenvalue weighted by molar-refractivity contribution is 6.00. The minimum Gasteiger partial charge on any atom is -0.465 e. The molecule has 11 nitrogen and oxygen atoms in total. The SMILES string of the molecule is O=C(O)NC1CCN(C(=O)CCN2CCN(c3ccnc(C4CCC(=O)NC4=O)c3)CC2)CC1. The van der Waals surface area contributed by atoms with Crippen molar-refractivity contribution >= 4 is 29.5 Å². The van der Waals surface area contributed by atoms with Gasteiger partial charge in [-0.1, -0.05) is 0 Å². The van der Waals surface area contributed by atoms with E-state index in [0.29, 0.717) is 57.4 Å². The van der Waals surface area contributed by atoms with Crippen molar-refractivity contribution in [1.29, 1.82) is 0 Å². The number of aromatic nitrogens is 1.